The van der Waals surface area contributed by atoms with Crippen molar-refractivity contribution in [2.75, 3.05) is 32.7 Å². The Hall–Kier alpha value is -2.13. The molecule has 0 aromatic heterocycles. The van der Waals surface area contributed by atoms with Gasteiger partial charge in [0.25, 0.3) is 5.91 Å². The predicted molar refractivity (Wildman–Crippen MR) is 97.2 cm³/mol. The van der Waals surface area contributed by atoms with E-state index in [9.17, 15) is 4.79 Å². The van der Waals surface area contributed by atoms with Crippen LogP contribution in [0.2, 0.25) is 0 Å². The van der Waals surface area contributed by atoms with Crippen LogP contribution in [-0.2, 0) is 6.42 Å². The number of carbonyl (C=O) groups excluding carboxylic acids is 1. The molecule has 2 aromatic carbocycles. The van der Waals surface area contributed by atoms with E-state index in [4.69, 9.17) is 0 Å². The number of nitrogens with zero attached hydrogens (tertiary/aromatic N) is 2. The molecule has 24 heavy (non-hydrogen) atoms. The number of benzene rings is 2. The third-order valence-corrected chi connectivity index (χ3v) is 5.27. The Bertz CT molecular complexity index is 720. The van der Waals surface area contributed by atoms with Crippen LogP contribution in [0.4, 0.5) is 0 Å². The zero-order valence-corrected chi connectivity index (χ0v) is 14.1. The molecule has 0 bridgehead atoms. The Morgan fingerprint density at radius 3 is 2.42 bits per heavy atom. The monoisotopic (exact) mass is 320 g/mol. The van der Waals surface area contributed by atoms with Gasteiger partial charge in [0.1, 0.15) is 0 Å². The van der Waals surface area contributed by atoms with Gasteiger partial charge in [-0.2, -0.15) is 0 Å². The quantitative estimate of drug-likeness (QED) is 0.861. The van der Waals surface area contributed by atoms with Crippen molar-refractivity contribution >= 4 is 5.91 Å². The summed E-state index contributed by atoms with van der Waals surface area (Å²) in [4.78, 5) is 17.3. The molecule has 1 fully saturated rings. The first-order valence-corrected chi connectivity index (χ1v) is 9.01. The minimum absolute atomic E-state index is 0.204. The lowest BCUT2D eigenvalue weighted by Gasteiger charge is -2.30. The van der Waals surface area contributed by atoms with E-state index in [-0.39, 0.29) is 5.91 Å². The summed E-state index contributed by atoms with van der Waals surface area (Å²) >= 11 is 0. The molecule has 1 saturated heterocycles. The second kappa shape index (κ2) is 6.78. The van der Waals surface area contributed by atoms with E-state index in [1.807, 2.05) is 17.0 Å². The lowest BCUT2D eigenvalue weighted by atomic mass is 9.94. The second-order valence-corrected chi connectivity index (χ2v) is 6.83. The van der Waals surface area contributed by atoms with E-state index in [2.05, 4.69) is 41.3 Å². The van der Waals surface area contributed by atoms with Gasteiger partial charge >= 0.3 is 0 Å². The molecule has 0 N–H and O–H groups in total. The summed E-state index contributed by atoms with van der Waals surface area (Å²) in [6.07, 6.45) is 3.57. The highest BCUT2D eigenvalue weighted by Gasteiger charge is 2.25. The molecule has 0 atom stereocenters. The van der Waals surface area contributed by atoms with Crippen molar-refractivity contribution in [3.8, 4) is 11.1 Å². The maximum Gasteiger partial charge on any atom is 0.254 e. The van der Waals surface area contributed by atoms with Crippen LogP contribution in [-0.4, -0.2) is 48.4 Å². The fourth-order valence-electron chi connectivity index (χ4n) is 3.83. The van der Waals surface area contributed by atoms with Crippen LogP contribution >= 0.6 is 0 Å². The van der Waals surface area contributed by atoms with Gasteiger partial charge in [-0.15, -0.1) is 0 Å². The number of fused-ring (bicyclic) bond motifs is 1. The largest absolute Gasteiger partial charge is 0.337 e. The highest BCUT2D eigenvalue weighted by molar-refractivity contribution is 5.97. The fourth-order valence-corrected chi connectivity index (χ4v) is 3.83. The van der Waals surface area contributed by atoms with Crippen LogP contribution in [0, 0.1) is 0 Å². The third kappa shape index (κ3) is 3.09. The topological polar surface area (TPSA) is 23.6 Å². The van der Waals surface area contributed by atoms with Gasteiger partial charge in [-0.25, -0.2) is 0 Å². The van der Waals surface area contributed by atoms with Crippen molar-refractivity contribution in [1.29, 1.82) is 0 Å². The van der Waals surface area contributed by atoms with Gasteiger partial charge in [-0.3, -0.25) is 4.79 Å². The molecular weight excluding hydrogens is 296 g/mol. The van der Waals surface area contributed by atoms with Gasteiger partial charge in [0.05, 0.1) is 0 Å². The van der Waals surface area contributed by atoms with E-state index >= 15 is 0 Å². The molecule has 3 nitrogen and oxygen atoms in total. The fraction of sp³-hybridized carbons (Fsp3) is 0.381. The number of hydrogen-bond acceptors (Lipinski definition) is 2. The normalized spacial score (nSPS) is 18.0. The zero-order valence-electron chi connectivity index (χ0n) is 14.1. The van der Waals surface area contributed by atoms with Crippen LogP contribution in [0.5, 0.6) is 0 Å². The second-order valence-electron chi connectivity index (χ2n) is 6.83. The highest BCUT2D eigenvalue weighted by Crippen LogP contribution is 2.26. The van der Waals surface area contributed by atoms with Crippen LogP contribution < -0.4 is 0 Å². The van der Waals surface area contributed by atoms with Gasteiger partial charge in [0.15, 0.2) is 0 Å². The molecule has 3 heteroatoms. The average Bonchev–Trinajstić information content (AvgIpc) is 3.15. The summed E-state index contributed by atoms with van der Waals surface area (Å²) in [5.74, 6) is 0.204. The molecule has 0 saturated carbocycles. The van der Waals surface area contributed by atoms with Crippen LogP contribution in [0.1, 0.15) is 28.8 Å². The van der Waals surface area contributed by atoms with Gasteiger partial charge in [-0.05, 0) is 55.1 Å². The standard InChI is InChI=1S/C21H24N2O/c24-21-20-9-8-18(17-6-2-1-3-7-17)16-19(20)10-13-23(21)15-14-22-11-4-5-12-22/h1-3,6-9,16H,4-5,10-15H2. The van der Waals surface area contributed by atoms with E-state index in [1.54, 1.807) is 0 Å². The third-order valence-electron chi connectivity index (χ3n) is 5.27. The van der Waals surface area contributed by atoms with Crippen molar-refractivity contribution in [2.24, 2.45) is 0 Å². The number of carbonyl (C=O) groups is 1. The Morgan fingerprint density at radius 2 is 1.62 bits per heavy atom. The van der Waals surface area contributed by atoms with Crippen LogP contribution in [0.15, 0.2) is 48.5 Å². The minimum atomic E-state index is 0.204. The van der Waals surface area contributed by atoms with Gasteiger partial charge in [0.2, 0.25) is 0 Å². The first kappa shape index (κ1) is 15.4. The molecule has 2 aliphatic rings. The number of rotatable bonds is 4. The summed E-state index contributed by atoms with van der Waals surface area (Å²) in [6.45, 7) is 5.11. The van der Waals surface area contributed by atoms with E-state index < -0.39 is 0 Å². The molecule has 0 unspecified atom stereocenters. The predicted octanol–water partition coefficient (Wildman–Crippen LogP) is 3.45. The number of likely N-dealkylation sites (tertiary alicyclic amines) is 1. The summed E-state index contributed by atoms with van der Waals surface area (Å²) in [5.41, 5.74) is 4.50. The molecular formula is C21H24N2O. The number of hydrogen-bond donors (Lipinski definition) is 0. The molecule has 2 aromatic rings. The lowest BCUT2D eigenvalue weighted by Crippen LogP contribution is -2.42. The maximum absolute atomic E-state index is 12.8. The van der Waals surface area contributed by atoms with E-state index in [0.717, 1.165) is 31.6 Å². The molecule has 0 aliphatic carbocycles. The minimum Gasteiger partial charge on any atom is -0.337 e. The van der Waals surface area contributed by atoms with Crippen LogP contribution in [0.3, 0.4) is 0 Å². The van der Waals surface area contributed by atoms with E-state index in [1.165, 1.54) is 42.6 Å². The van der Waals surface area contributed by atoms with Crippen molar-refractivity contribution in [2.45, 2.75) is 19.3 Å². The Labute approximate surface area is 143 Å². The van der Waals surface area contributed by atoms with Crippen molar-refractivity contribution in [1.82, 2.24) is 9.80 Å². The Balaban J connectivity index is 1.48. The maximum atomic E-state index is 12.8. The van der Waals surface area contributed by atoms with Gasteiger partial charge in [0, 0.05) is 25.2 Å². The SMILES string of the molecule is O=C1c2ccc(-c3ccccc3)cc2CCN1CCN1CCCC1. The van der Waals surface area contributed by atoms with E-state index in [0.29, 0.717) is 0 Å². The van der Waals surface area contributed by atoms with Gasteiger partial charge < -0.3 is 9.80 Å². The zero-order chi connectivity index (χ0) is 16.4. The number of amides is 1. The average molecular weight is 320 g/mol. The summed E-state index contributed by atoms with van der Waals surface area (Å²) in [7, 11) is 0. The van der Waals surface area contributed by atoms with Crippen molar-refractivity contribution in [3.05, 3.63) is 59.7 Å². The molecule has 1 amide bonds. The molecule has 4 rings (SSSR count). The molecule has 124 valence electrons. The molecule has 0 spiro atoms. The summed E-state index contributed by atoms with van der Waals surface area (Å²) in [5, 5.41) is 0. The smallest absolute Gasteiger partial charge is 0.254 e. The highest BCUT2D eigenvalue weighted by atomic mass is 16.2. The first-order valence-electron chi connectivity index (χ1n) is 9.01. The Kier molecular flexibility index (Phi) is 4.35. The lowest BCUT2D eigenvalue weighted by molar-refractivity contribution is 0.0724. The Morgan fingerprint density at radius 1 is 0.833 bits per heavy atom. The summed E-state index contributed by atoms with van der Waals surface area (Å²) < 4.78 is 0. The van der Waals surface area contributed by atoms with Crippen molar-refractivity contribution in [3.63, 3.8) is 0 Å². The summed E-state index contributed by atoms with van der Waals surface area (Å²) in [6, 6.07) is 16.7. The van der Waals surface area contributed by atoms with Crippen LogP contribution in [0.25, 0.3) is 11.1 Å². The molecule has 2 heterocycles. The first-order chi connectivity index (χ1) is 11.8. The molecule has 0 radical (unpaired) electrons. The van der Waals surface area contributed by atoms with Gasteiger partial charge in [-0.1, -0.05) is 42.5 Å². The molecule has 2 aliphatic heterocycles. The van der Waals surface area contributed by atoms with Crippen molar-refractivity contribution < 1.29 is 4.79 Å².